The molecule has 0 fully saturated rings. The van der Waals surface area contributed by atoms with Gasteiger partial charge in [-0.15, -0.1) is 0 Å². The number of nitrogens with one attached hydrogen (secondary N) is 1. The van der Waals surface area contributed by atoms with Gasteiger partial charge in [-0.2, -0.15) is 0 Å². The predicted molar refractivity (Wildman–Crippen MR) is 62.3 cm³/mol. The van der Waals surface area contributed by atoms with Gasteiger partial charge in [-0.1, -0.05) is 0 Å². The molecule has 0 bridgehead atoms. The topological polar surface area (TPSA) is 55.6 Å². The second-order valence-electron chi connectivity index (χ2n) is 3.45. The van der Waals surface area contributed by atoms with E-state index in [1.54, 1.807) is 12.4 Å². The summed E-state index contributed by atoms with van der Waals surface area (Å²) in [6.07, 6.45) is 7.98. The van der Waals surface area contributed by atoms with Gasteiger partial charge in [0.1, 0.15) is 11.6 Å². The number of aromatic nitrogens is 4. The van der Waals surface area contributed by atoms with E-state index in [1.807, 2.05) is 19.4 Å². The maximum Gasteiger partial charge on any atom is 0.144 e. The van der Waals surface area contributed by atoms with Crippen molar-refractivity contribution in [2.24, 2.45) is 0 Å². The van der Waals surface area contributed by atoms with Gasteiger partial charge in [-0.3, -0.25) is 4.98 Å². The van der Waals surface area contributed by atoms with Crippen LogP contribution in [-0.2, 0) is 13.0 Å². The normalized spacial score (nSPS) is 10.4. The molecule has 0 aliphatic rings. The van der Waals surface area contributed by atoms with Gasteiger partial charge in [0, 0.05) is 38.6 Å². The molecule has 2 heterocycles. The Hall–Kier alpha value is -1.91. The monoisotopic (exact) mass is 217 g/mol. The van der Waals surface area contributed by atoms with E-state index in [2.05, 4.69) is 31.8 Å². The fourth-order valence-corrected chi connectivity index (χ4v) is 1.57. The summed E-state index contributed by atoms with van der Waals surface area (Å²) in [7, 11) is 1.83. The zero-order valence-electron chi connectivity index (χ0n) is 9.51. The average molecular weight is 217 g/mol. The van der Waals surface area contributed by atoms with E-state index in [4.69, 9.17) is 0 Å². The van der Waals surface area contributed by atoms with Crippen LogP contribution in [0.25, 0.3) is 0 Å². The quantitative estimate of drug-likeness (QED) is 0.839. The highest BCUT2D eigenvalue weighted by molar-refractivity contribution is 5.30. The maximum atomic E-state index is 4.41. The molecule has 0 radical (unpaired) electrons. The highest BCUT2D eigenvalue weighted by Crippen LogP contribution is 2.07. The van der Waals surface area contributed by atoms with Gasteiger partial charge in [-0.05, 0) is 6.92 Å². The van der Waals surface area contributed by atoms with E-state index in [-0.39, 0.29) is 0 Å². The third-order valence-corrected chi connectivity index (χ3v) is 2.42. The lowest BCUT2D eigenvalue weighted by molar-refractivity contribution is 0.708. The van der Waals surface area contributed by atoms with Crippen LogP contribution in [0.5, 0.6) is 0 Å². The molecule has 0 amide bonds. The van der Waals surface area contributed by atoms with E-state index in [0.717, 1.165) is 23.9 Å². The lowest BCUT2D eigenvalue weighted by Gasteiger charge is -2.05. The minimum Gasteiger partial charge on any atom is -0.372 e. The first-order valence-corrected chi connectivity index (χ1v) is 5.32. The van der Waals surface area contributed by atoms with Crippen molar-refractivity contribution in [1.29, 1.82) is 0 Å². The number of imidazole rings is 1. The van der Waals surface area contributed by atoms with Gasteiger partial charge in [0.2, 0.25) is 0 Å². The summed E-state index contributed by atoms with van der Waals surface area (Å²) < 4.78 is 2.10. The van der Waals surface area contributed by atoms with Crippen molar-refractivity contribution in [3.8, 4) is 0 Å². The van der Waals surface area contributed by atoms with Crippen LogP contribution in [-0.4, -0.2) is 26.6 Å². The van der Waals surface area contributed by atoms with Crippen LogP contribution in [0.2, 0.25) is 0 Å². The molecule has 84 valence electrons. The van der Waals surface area contributed by atoms with E-state index in [9.17, 15) is 0 Å². The first kappa shape index (κ1) is 10.6. The Labute approximate surface area is 94.6 Å². The molecule has 0 aliphatic heterocycles. The first-order chi connectivity index (χ1) is 7.83. The van der Waals surface area contributed by atoms with E-state index >= 15 is 0 Å². The van der Waals surface area contributed by atoms with Crippen LogP contribution in [0.1, 0.15) is 18.4 Å². The molecule has 5 heteroatoms. The fourth-order valence-electron chi connectivity index (χ4n) is 1.57. The molecular formula is C11H15N5. The zero-order valence-corrected chi connectivity index (χ0v) is 9.51. The van der Waals surface area contributed by atoms with Crippen molar-refractivity contribution in [1.82, 2.24) is 19.5 Å². The molecule has 0 saturated heterocycles. The van der Waals surface area contributed by atoms with Gasteiger partial charge in [0.05, 0.1) is 11.9 Å². The Morgan fingerprint density at radius 2 is 2.25 bits per heavy atom. The van der Waals surface area contributed by atoms with Crippen molar-refractivity contribution < 1.29 is 0 Å². The molecule has 0 aromatic carbocycles. The molecule has 2 aromatic heterocycles. The lowest BCUT2D eigenvalue weighted by Crippen LogP contribution is -2.04. The van der Waals surface area contributed by atoms with Crippen molar-refractivity contribution in [3.63, 3.8) is 0 Å². The van der Waals surface area contributed by atoms with E-state index in [1.165, 1.54) is 0 Å². The molecule has 0 spiro atoms. The molecule has 1 N–H and O–H groups in total. The molecule has 0 aliphatic carbocycles. The van der Waals surface area contributed by atoms with Crippen LogP contribution < -0.4 is 5.32 Å². The van der Waals surface area contributed by atoms with Crippen LogP contribution >= 0.6 is 0 Å². The zero-order chi connectivity index (χ0) is 11.4. The van der Waals surface area contributed by atoms with Crippen LogP contribution in [0.4, 0.5) is 5.82 Å². The summed E-state index contributed by atoms with van der Waals surface area (Å²) in [5, 5.41) is 2.97. The summed E-state index contributed by atoms with van der Waals surface area (Å²) in [6.45, 7) is 3.02. The third-order valence-electron chi connectivity index (χ3n) is 2.42. The largest absolute Gasteiger partial charge is 0.372 e. The number of aryl methyl sites for hydroxylation is 1. The van der Waals surface area contributed by atoms with Crippen molar-refractivity contribution in [2.45, 2.75) is 19.9 Å². The highest BCUT2D eigenvalue weighted by atomic mass is 15.1. The molecule has 2 rings (SSSR count). The SMILES string of the molecule is CCn1ccnc1Cc1cncc(NC)n1. The number of hydrogen-bond acceptors (Lipinski definition) is 4. The van der Waals surface area contributed by atoms with Crippen LogP contribution in [0.15, 0.2) is 24.8 Å². The van der Waals surface area contributed by atoms with Gasteiger partial charge in [0.25, 0.3) is 0 Å². The summed E-state index contributed by atoms with van der Waals surface area (Å²) in [5.74, 6) is 1.80. The number of nitrogens with zero attached hydrogens (tertiary/aromatic N) is 4. The van der Waals surface area contributed by atoms with Gasteiger partial charge < -0.3 is 9.88 Å². The lowest BCUT2D eigenvalue weighted by atomic mass is 10.3. The second kappa shape index (κ2) is 4.74. The Kier molecular flexibility index (Phi) is 3.14. The predicted octanol–water partition coefficient (Wildman–Crippen LogP) is 1.33. The number of hydrogen-bond donors (Lipinski definition) is 1. The minimum atomic E-state index is 0.712. The molecule has 0 unspecified atom stereocenters. The molecule has 16 heavy (non-hydrogen) atoms. The molecular weight excluding hydrogens is 202 g/mol. The standard InChI is InChI=1S/C11H15N5/c1-3-16-5-4-14-11(16)6-9-7-13-8-10(12-2)15-9/h4-5,7-8H,3,6H2,1-2H3,(H,12,15). The number of rotatable bonds is 4. The number of anilines is 1. The van der Waals surface area contributed by atoms with Crippen LogP contribution in [0.3, 0.4) is 0 Å². The summed E-state index contributed by atoms with van der Waals surface area (Å²) >= 11 is 0. The van der Waals surface area contributed by atoms with Crippen molar-refractivity contribution >= 4 is 5.82 Å². The van der Waals surface area contributed by atoms with E-state index in [0.29, 0.717) is 6.42 Å². The second-order valence-corrected chi connectivity index (χ2v) is 3.45. The maximum absolute atomic E-state index is 4.41. The summed E-state index contributed by atoms with van der Waals surface area (Å²) in [4.78, 5) is 12.9. The Morgan fingerprint density at radius 3 is 3.00 bits per heavy atom. The minimum absolute atomic E-state index is 0.712. The Morgan fingerprint density at radius 1 is 1.38 bits per heavy atom. The van der Waals surface area contributed by atoms with Gasteiger partial charge >= 0.3 is 0 Å². The molecule has 0 atom stereocenters. The first-order valence-electron chi connectivity index (χ1n) is 5.32. The van der Waals surface area contributed by atoms with Crippen LogP contribution in [0, 0.1) is 0 Å². The highest BCUT2D eigenvalue weighted by Gasteiger charge is 2.04. The van der Waals surface area contributed by atoms with Gasteiger partial charge in [0.15, 0.2) is 0 Å². The smallest absolute Gasteiger partial charge is 0.144 e. The molecule has 0 saturated carbocycles. The molecule has 2 aromatic rings. The van der Waals surface area contributed by atoms with Gasteiger partial charge in [-0.25, -0.2) is 9.97 Å². The molecule has 5 nitrogen and oxygen atoms in total. The summed E-state index contributed by atoms with van der Waals surface area (Å²) in [5.41, 5.74) is 0.924. The third kappa shape index (κ3) is 2.18. The van der Waals surface area contributed by atoms with E-state index < -0.39 is 0 Å². The summed E-state index contributed by atoms with van der Waals surface area (Å²) in [6, 6.07) is 0. The fraction of sp³-hybridized carbons (Fsp3) is 0.364. The Bertz CT molecular complexity index is 463. The Balaban J connectivity index is 2.20. The van der Waals surface area contributed by atoms with Crippen molar-refractivity contribution in [2.75, 3.05) is 12.4 Å². The average Bonchev–Trinajstić information content (AvgIpc) is 2.76. The van der Waals surface area contributed by atoms with Crippen molar-refractivity contribution in [3.05, 3.63) is 36.3 Å².